The molecule has 2 unspecified atom stereocenters. The van der Waals surface area contributed by atoms with Gasteiger partial charge in [0, 0.05) is 44.4 Å². The predicted octanol–water partition coefficient (Wildman–Crippen LogP) is 10.1. The van der Waals surface area contributed by atoms with Crippen LogP contribution in [0.3, 0.4) is 0 Å². The summed E-state index contributed by atoms with van der Waals surface area (Å²) in [6, 6.07) is 37.4. The molecule has 0 spiro atoms. The van der Waals surface area contributed by atoms with Crippen LogP contribution in [0.1, 0.15) is 48.3 Å². The zero-order valence-corrected chi connectivity index (χ0v) is 29.6. The molecule has 0 aromatic heterocycles. The molecule has 7 heteroatoms. The Hall–Kier alpha value is -5.53. The molecule has 1 aliphatic rings. The lowest BCUT2D eigenvalue weighted by Gasteiger charge is -2.28. The van der Waals surface area contributed by atoms with Crippen molar-refractivity contribution in [3.63, 3.8) is 0 Å². The van der Waals surface area contributed by atoms with E-state index in [1.54, 1.807) is 25.6 Å². The maximum atomic E-state index is 12.7. The summed E-state index contributed by atoms with van der Waals surface area (Å²) in [6.07, 6.45) is 2.14. The second-order valence-corrected chi connectivity index (χ2v) is 13.6. The number of benzene rings is 5. The van der Waals surface area contributed by atoms with Gasteiger partial charge in [-0.05, 0) is 48.4 Å². The molecule has 5 aromatic carbocycles. The fraction of sp³-hybridized carbons (Fsp3) is 0.182. The van der Waals surface area contributed by atoms with Crippen LogP contribution < -0.4 is 9.47 Å². The van der Waals surface area contributed by atoms with Crippen molar-refractivity contribution in [2.24, 2.45) is 0 Å². The molecular formula is C44H40O6S. The Morgan fingerprint density at radius 1 is 0.627 bits per heavy atom. The minimum Gasteiger partial charge on any atom is -0.488 e. The van der Waals surface area contributed by atoms with Crippen molar-refractivity contribution in [1.29, 1.82) is 0 Å². The van der Waals surface area contributed by atoms with Gasteiger partial charge in [0.25, 0.3) is 0 Å². The summed E-state index contributed by atoms with van der Waals surface area (Å²) < 4.78 is 25.3. The van der Waals surface area contributed by atoms with Crippen molar-refractivity contribution < 1.29 is 28.5 Å². The highest BCUT2D eigenvalue weighted by atomic mass is 32.2. The number of thioether (sulfide) groups is 1. The maximum absolute atomic E-state index is 12.7. The van der Waals surface area contributed by atoms with E-state index in [0.717, 1.165) is 37.9 Å². The highest BCUT2D eigenvalue weighted by Crippen LogP contribution is 2.47. The van der Waals surface area contributed by atoms with Gasteiger partial charge in [0.1, 0.15) is 24.7 Å². The van der Waals surface area contributed by atoms with Crippen LogP contribution >= 0.6 is 11.8 Å². The number of allylic oxidation sites excluding steroid dienone is 2. The lowest BCUT2D eigenvalue weighted by molar-refractivity contribution is -0.147. The topological polar surface area (TPSA) is 71.1 Å². The second-order valence-electron chi connectivity index (χ2n) is 12.4. The van der Waals surface area contributed by atoms with E-state index in [1.807, 2.05) is 103 Å². The van der Waals surface area contributed by atoms with Gasteiger partial charge in [-0.3, -0.25) is 0 Å². The van der Waals surface area contributed by atoms with Gasteiger partial charge in [-0.1, -0.05) is 134 Å². The average Bonchev–Trinajstić information content (AvgIpc) is 3.15. The number of hydrogen-bond acceptors (Lipinski definition) is 7. The van der Waals surface area contributed by atoms with Gasteiger partial charge >= 0.3 is 11.9 Å². The van der Waals surface area contributed by atoms with Crippen LogP contribution in [0, 0.1) is 0 Å². The lowest BCUT2D eigenvalue weighted by atomic mass is 9.90. The zero-order valence-electron chi connectivity index (χ0n) is 28.8. The Bertz CT molecular complexity index is 2070. The number of rotatable bonds is 14. The minimum atomic E-state index is -0.660. The van der Waals surface area contributed by atoms with Crippen LogP contribution in [-0.2, 0) is 31.9 Å². The molecule has 1 aliphatic carbocycles. The first-order valence-electron chi connectivity index (χ1n) is 16.8. The van der Waals surface area contributed by atoms with Gasteiger partial charge in [0.05, 0.1) is 0 Å². The van der Waals surface area contributed by atoms with E-state index < -0.39 is 24.1 Å². The van der Waals surface area contributed by atoms with Crippen LogP contribution in [0.25, 0.3) is 10.8 Å². The maximum Gasteiger partial charge on any atom is 0.333 e. The smallest absolute Gasteiger partial charge is 0.333 e. The molecule has 6 nitrogen and oxygen atoms in total. The third-order valence-corrected chi connectivity index (χ3v) is 9.58. The van der Waals surface area contributed by atoms with Gasteiger partial charge in [-0.2, -0.15) is 0 Å². The first-order valence-corrected chi connectivity index (χ1v) is 17.7. The lowest BCUT2D eigenvalue weighted by Crippen LogP contribution is -2.20. The summed E-state index contributed by atoms with van der Waals surface area (Å²) in [6.45, 7) is 11.0. The Balaban J connectivity index is 1.40. The molecule has 5 aromatic rings. The molecule has 0 amide bonds. The predicted molar refractivity (Wildman–Crippen MR) is 203 cm³/mol. The van der Waals surface area contributed by atoms with E-state index in [-0.39, 0.29) is 13.2 Å². The molecule has 0 fully saturated rings. The number of hydrogen-bond donors (Lipinski definition) is 0. The van der Waals surface area contributed by atoms with Gasteiger partial charge < -0.3 is 18.9 Å². The van der Waals surface area contributed by atoms with E-state index in [1.165, 1.54) is 4.91 Å². The van der Waals surface area contributed by atoms with Crippen molar-refractivity contribution >= 4 is 34.5 Å². The average molecular weight is 697 g/mol. The van der Waals surface area contributed by atoms with E-state index in [9.17, 15) is 9.59 Å². The van der Waals surface area contributed by atoms with Crippen LogP contribution in [0.15, 0.2) is 155 Å². The Kier molecular flexibility index (Phi) is 11.4. The normalized spacial score (nSPS) is 13.3. The Morgan fingerprint density at radius 2 is 1.06 bits per heavy atom. The van der Waals surface area contributed by atoms with Crippen LogP contribution in [0.2, 0.25) is 0 Å². The number of ether oxygens (including phenoxy) is 4. The van der Waals surface area contributed by atoms with Crippen LogP contribution in [-0.4, -0.2) is 25.2 Å². The van der Waals surface area contributed by atoms with E-state index in [2.05, 4.69) is 31.4 Å². The van der Waals surface area contributed by atoms with Gasteiger partial charge in [-0.15, -0.1) is 0 Å². The van der Waals surface area contributed by atoms with Crippen molar-refractivity contribution in [2.75, 3.05) is 13.2 Å². The molecule has 0 N–H and O–H groups in total. The number of carbonyl (C=O) groups excluding carboxylic acids is 2. The Labute approximate surface area is 303 Å². The van der Waals surface area contributed by atoms with Crippen LogP contribution in [0.4, 0.5) is 0 Å². The summed E-state index contributed by atoms with van der Waals surface area (Å²) in [5.41, 5.74) is 4.27. The third kappa shape index (κ3) is 8.62. The standard InChI is InChI=1S/C44H40O6S/c1-29(2)43(45)49-39(31-16-8-5-9-17-31)27-47-41-35-22-14-15-23-36(35)42(38-26-34(24-25-37(38)41)51-33-20-12-7-13-21-33)48-28-40(50-44(46)30(3)4)32-18-10-6-11-19-32/h5-24,39-40H,1,3,25-28H2,2,4H3. The molecule has 0 saturated heterocycles. The van der Waals surface area contributed by atoms with Crippen molar-refractivity contribution in [3.05, 3.63) is 173 Å². The molecule has 0 radical (unpaired) electrons. The van der Waals surface area contributed by atoms with Crippen molar-refractivity contribution in [1.82, 2.24) is 0 Å². The highest BCUT2D eigenvalue weighted by Gasteiger charge is 2.28. The largest absolute Gasteiger partial charge is 0.488 e. The monoisotopic (exact) mass is 696 g/mol. The molecule has 0 bridgehead atoms. The summed E-state index contributed by atoms with van der Waals surface area (Å²) in [5.74, 6) is 0.475. The van der Waals surface area contributed by atoms with Crippen LogP contribution in [0.5, 0.6) is 11.5 Å². The Morgan fingerprint density at radius 3 is 1.53 bits per heavy atom. The molecule has 258 valence electrons. The summed E-state index contributed by atoms with van der Waals surface area (Å²) in [7, 11) is 0. The van der Waals surface area contributed by atoms with Gasteiger partial charge in [0.2, 0.25) is 0 Å². The summed E-state index contributed by atoms with van der Waals surface area (Å²) >= 11 is 1.73. The SMILES string of the molecule is C=C(C)C(=O)OC(COc1c2c(c(OCC(OC(=O)C(=C)C)c3ccccc3)c3ccccc13)CC(Sc1ccccc1)=CC2)c1ccccc1. The molecular weight excluding hydrogens is 657 g/mol. The fourth-order valence-electron chi connectivity index (χ4n) is 5.90. The van der Waals surface area contributed by atoms with Gasteiger partial charge in [-0.25, -0.2) is 9.59 Å². The first kappa shape index (κ1) is 35.3. The van der Waals surface area contributed by atoms with E-state index >= 15 is 0 Å². The molecule has 51 heavy (non-hydrogen) atoms. The first-order chi connectivity index (χ1) is 24.8. The molecule has 6 rings (SSSR count). The summed E-state index contributed by atoms with van der Waals surface area (Å²) in [5, 5.41) is 1.73. The fourth-order valence-corrected chi connectivity index (χ4v) is 6.88. The van der Waals surface area contributed by atoms with Crippen molar-refractivity contribution in [2.45, 2.75) is 43.8 Å². The quantitative estimate of drug-likeness (QED) is 0.0845. The van der Waals surface area contributed by atoms with E-state index in [0.29, 0.717) is 35.5 Å². The number of fused-ring (bicyclic) bond motifs is 2. The number of esters is 2. The third-order valence-electron chi connectivity index (χ3n) is 8.50. The zero-order chi connectivity index (χ0) is 35.7. The molecule has 2 atom stereocenters. The van der Waals surface area contributed by atoms with Crippen molar-refractivity contribution in [3.8, 4) is 11.5 Å². The minimum absolute atomic E-state index is 0.0947. The van der Waals surface area contributed by atoms with E-state index in [4.69, 9.17) is 18.9 Å². The highest BCUT2D eigenvalue weighted by molar-refractivity contribution is 8.03. The number of carbonyl (C=O) groups is 2. The second kappa shape index (κ2) is 16.5. The van der Waals surface area contributed by atoms with Gasteiger partial charge in [0.15, 0.2) is 12.2 Å². The summed E-state index contributed by atoms with van der Waals surface area (Å²) in [4.78, 5) is 27.8. The molecule has 0 saturated carbocycles. The molecule has 0 aliphatic heterocycles. The molecule has 0 heterocycles.